The van der Waals surface area contributed by atoms with Crippen LogP contribution in [0.15, 0.2) is 48.5 Å². The maximum Gasteiger partial charge on any atom is 1.00 e. The van der Waals surface area contributed by atoms with Crippen LogP contribution in [-0.4, -0.2) is 0 Å². The monoisotopic (exact) mass is 339 g/mol. The number of benzene rings is 2. The number of nitrogens with zero attached hydrogens (tertiary/aromatic N) is 1. The molecule has 1 atom stereocenters. The maximum absolute atomic E-state index is 13.7. The summed E-state index contributed by atoms with van der Waals surface area (Å²) < 4.78 is 13.7. The Morgan fingerprint density at radius 1 is 1.00 bits per heavy atom. The fraction of sp³-hybridized carbons (Fsp3) is 0.409. The third kappa shape index (κ3) is 9.25. The van der Waals surface area contributed by atoms with Gasteiger partial charge in [-0.15, -0.1) is 18.7 Å². The fourth-order valence-corrected chi connectivity index (χ4v) is 2.85. The Bertz CT molecular complexity index is 604. The second kappa shape index (κ2) is 14.3. The Hall–Kier alpha value is -0.765. The van der Waals surface area contributed by atoms with Crippen LogP contribution in [0.25, 0.3) is 5.32 Å². The van der Waals surface area contributed by atoms with Crippen molar-refractivity contribution >= 4 is 5.69 Å². The standard InChI is InChI=1S/C22H28FN.2Li/c1-3-4-5-7-10-18(2)15-20-16-21(23)13-14-22(20)24-17-19-11-8-6-9-12-19;;/h6,8-9,11-16,18H,3-5,7,10,17H2,1-2H3;;/q-2;2*+1/t18-;;/m0../s1. The van der Waals surface area contributed by atoms with Gasteiger partial charge in [0.2, 0.25) is 0 Å². The zero-order chi connectivity index (χ0) is 17.2. The van der Waals surface area contributed by atoms with Crippen LogP contribution in [0, 0.1) is 18.2 Å². The van der Waals surface area contributed by atoms with E-state index in [-0.39, 0.29) is 43.5 Å². The Kier molecular flexibility index (Phi) is 13.9. The van der Waals surface area contributed by atoms with Crippen LogP contribution in [0.5, 0.6) is 0 Å². The second-order valence-corrected chi connectivity index (χ2v) is 6.50. The molecule has 0 spiro atoms. The zero-order valence-corrected chi connectivity index (χ0v) is 16.8. The molecule has 0 saturated heterocycles. The number of unbranched alkanes of at least 4 members (excludes halogenated alkanes) is 3. The van der Waals surface area contributed by atoms with E-state index in [4.69, 9.17) is 0 Å². The summed E-state index contributed by atoms with van der Waals surface area (Å²) in [5.41, 5.74) is 2.95. The summed E-state index contributed by atoms with van der Waals surface area (Å²) in [6.07, 6.45) is 8.38. The van der Waals surface area contributed by atoms with Crippen LogP contribution in [0.3, 0.4) is 0 Å². The van der Waals surface area contributed by atoms with Crippen LogP contribution < -0.4 is 37.7 Å². The van der Waals surface area contributed by atoms with Crippen molar-refractivity contribution in [2.75, 3.05) is 0 Å². The topological polar surface area (TPSA) is 14.1 Å². The molecule has 4 heteroatoms. The molecule has 0 fully saturated rings. The Morgan fingerprint density at radius 2 is 1.73 bits per heavy atom. The Morgan fingerprint density at radius 3 is 2.42 bits per heavy atom. The van der Waals surface area contributed by atoms with Gasteiger partial charge in [-0.05, 0) is 0 Å². The molecule has 0 N–H and O–H groups in total. The van der Waals surface area contributed by atoms with Crippen molar-refractivity contribution in [1.29, 1.82) is 0 Å². The average Bonchev–Trinajstić information content (AvgIpc) is 2.59. The zero-order valence-electron chi connectivity index (χ0n) is 16.8. The minimum atomic E-state index is -0.196. The predicted octanol–water partition coefficient (Wildman–Crippen LogP) is 1.20. The third-order valence-corrected chi connectivity index (χ3v) is 4.24. The molecule has 0 saturated carbocycles. The molecule has 2 aromatic carbocycles. The number of halogens is 1. The predicted molar refractivity (Wildman–Crippen MR) is 101 cm³/mol. The molecule has 130 valence electrons. The summed E-state index contributed by atoms with van der Waals surface area (Å²) in [7, 11) is 0. The molecule has 0 aromatic heterocycles. The normalized spacial score (nSPS) is 11.0. The van der Waals surface area contributed by atoms with E-state index in [2.05, 4.69) is 37.7 Å². The van der Waals surface area contributed by atoms with E-state index >= 15 is 0 Å². The molecule has 0 amide bonds. The van der Waals surface area contributed by atoms with Crippen LogP contribution in [0.1, 0.15) is 57.1 Å². The van der Waals surface area contributed by atoms with Crippen LogP contribution >= 0.6 is 0 Å². The van der Waals surface area contributed by atoms with Crippen molar-refractivity contribution < 1.29 is 42.1 Å². The molecule has 0 heterocycles. The van der Waals surface area contributed by atoms with Crippen molar-refractivity contribution in [3.05, 3.63) is 77.2 Å². The van der Waals surface area contributed by atoms with E-state index in [1.807, 2.05) is 18.2 Å². The molecule has 0 aliphatic rings. The molecule has 2 rings (SSSR count). The molecule has 1 nitrogen and oxygen atoms in total. The van der Waals surface area contributed by atoms with Crippen molar-refractivity contribution in [1.82, 2.24) is 0 Å². The molecule has 2 aromatic rings. The first-order valence-electron chi connectivity index (χ1n) is 9.05. The van der Waals surface area contributed by atoms with Gasteiger partial charge >= 0.3 is 37.7 Å². The van der Waals surface area contributed by atoms with Gasteiger partial charge in [0, 0.05) is 0 Å². The van der Waals surface area contributed by atoms with Gasteiger partial charge in [0.1, 0.15) is 0 Å². The first-order valence-corrected chi connectivity index (χ1v) is 9.05. The molecule has 26 heavy (non-hydrogen) atoms. The summed E-state index contributed by atoms with van der Waals surface area (Å²) in [5.74, 6) is 0.243. The van der Waals surface area contributed by atoms with E-state index in [9.17, 15) is 4.39 Å². The van der Waals surface area contributed by atoms with Crippen molar-refractivity contribution in [3.63, 3.8) is 0 Å². The molecule has 0 aliphatic carbocycles. The molecule has 0 radical (unpaired) electrons. The maximum atomic E-state index is 13.7. The van der Waals surface area contributed by atoms with Crippen LogP contribution in [0.4, 0.5) is 10.1 Å². The number of hydrogen-bond acceptors (Lipinski definition) is 0. The molecular weight excluding hydrogens is 311 g/mol. The van der Waals surface area contributed by atoms with Gasteiger partial charge in [0.25, 0.3) is 0 Å². The summed E-state index contributed by atoms with van der Waals surface area (Å²) >= 11 is 0. The van der Waals surface area contributed by atoms with Gasteiger partial charge in [0.05, 0.1) is 5.82 Å². The second-order valence-electron chi connectivity index (χ2n) is 6.50. The summed E-state index contributed by atoms with van der Waals surface area (Å²) in [4.78, 5) is 0. The average molecular weight is 339 g/mol. The van der Waals surface area contributed by atoms with Crippen molar-refractivity contribution in [3.8, 4) is 0 Å². The third-order valence-electron chi connectivity index (χ3n) is 4.24. The van der Waals surface area contributed by atoms with Gasteiger partial charge in [-0.1, -0.05) is 93.8 Å². The molecule has 0 unspecified atom stereocenters. The van der Waals surface area contributed by atoms with Gasteiger partial charge in [-0.25, -0.2) is 9.95 Å². The van der Waals surface area contributed by atoms with Gasteiger partial charge < -0.3 is 5.32 Å². The smallest absolute Gasteiger partial charge is 0.739 e. The minimum absolute atomic E-state index is 0. The largest absolute Gasteiger partial charge is 1.00 e. The van der Waals surface area contributed by atoms with Crippen molar-refractivity contribution in [2.24, 2.45) is 5.92 Å². The van der Waals surface area contributed by atoms with E-state index in [0.29, 0.717) is 12.5 Å². The first-order chi connectivity index (χ1) is 11.7. The molecule has 0 aliphatic heterocycles. The van der Waals surface area contributed by atoms with Crippen LogP contribution in [0.2, 0.25) is 0 Å². The minimum Gasteiger partial charge on any atom is -0.739 e. The molecular formula is C22H28FLi2N. The van der Waals surface area contributed by atoms with Crippen LogP contribution in [-0.2, 0) is 6.54 Å². The number of rotatable bonds is 10. The number of hydrogen-bond donors (Lipinski definition) is 0. The molecule has 0 bridgehead atoms. The van der Waals surface area contributed by atoms with E-state index in [1.165, 1.54) is 37.3 Å². The Labute approximate surface area is 182 Å². The van der Waals surface area contributed by atoms with E-state index < -0.39 is 0 Å². The Balaban J connectivity index is 0.00000312. The van der Waals surface area contributed by atoms with E-state index in [1.54, 1.807) is 12.1 Å². The van der Waals surface area contributed by atoms with Gasteiger partial charge in [0.15, 0.2) is 0 Å². The quantitative estimate of drug-likeness (QED) is 0.351. The summed E-state index contributed by atoms with van der Waals surface area (Å²) in [5, 5.41) is 4.68. The first kappa shape index (κ1) is 25.2. The summed E-state index contributed by atoms with van der Waals surface area (Å²) in [6, 6.07) is 15.0. The van der Waals surface area contributed by atoms with Crippen molar-refractivity contribution in [2.45, 2.75) is 52.5 Å². The van der Waals surface area contributed by atoms with Gasteiger partial charge in [-0.3, -0.25) is 5.69 Å². The summed E-state index contributed by atoms with van der Waals surface area (Å²) in [6.45, 7) is 5.05. The SMILES string of the molecule is CCCCCC[C@H](C)[CH-]c1cc(F)ccc1[N-]Cc1ccccc1.[Li+].[Li+]. The van der Waals surface area contributed by atoms with Gasteiger partial charge in [-0.2, -0.15) is 6.42 Å². The fourth-order valence-electron chi connectivity index (χ4n) is 2.85. The van der Waals surface area contributed by atoms with E-state index in [0.717, 1.165) is 17.7 Å².